The number of rotatable bonds is 7. The van der Waals surface area contributed by atoms with Crippen molar-refractivity contribution in [1.29, 1.82) is 0 Å². The van der Waals surface area contributed by atoms with E-state index in [4.69, 9.17) is 4.52 Å². The van der Waals surface area contributed by atoms with E-state index in [1.807, 2.05) is 0 Å². The highest BCUT2D eigenvalue weighted by Gasteiger charge is 2.15. The third kappa shape index (κ3) is 4.61. The van der Waals surface area contributed by atoms with Crippen molar-refractivity contribution in [1.82, 2.24) is 15.5 Å². The van der Waals surface area contributed by atoms with E-state index in [0.717, 1.165) is 19.4 Å². The van der Waals surface area contributed by atoms with Gasteiger partial charge in [0.2, 0.25) is 11.7 Å². The van der Waals surface area contributed by atoms with E-state index in [0.29, 0.717) is 34.2 Å². The van der Waals surface area contributed by atoms with Crippen molar-refractivity contribution in [2.75, 3.05) is 6.54 Å². The van der Waals surface area contributed by atoms with Crippen LogP contribution in [-0.4, -0.2) is 22.7 Å². The molecule has 4 nitrogen and oxygen atoms in total. The number of likely N-dealkylation sites (N-methyl/N-ethyl adjacent to an activating group) is 1. The normalized spacial score (nSPS) is 12.6. The zero-order valence-electron chi connectivity index (χ0n) is 12.2. The van der Waals surface area contributed by atoms with Crippen LogP contribution in [0.15, 0.2) is 27.2 Å². The summed E-state index contributed by atoms with van der Waals surface area (Å²) in [5.74, 6) is 0.656. The van der Waals surface area contributed by atoms with Gasteiger partial charge in [0.05, 0.1) is 0 Å². The molecule has 1 unspecified atom stereocenters. The average molecular weight is 356 g/mol. The monoisotopic (exact) mass is 355 g/mol. The number of nitrogens with one attached hydrogen (secondary N) is 1. The Kier molecular flexibility index (Phi) is 5.87. The summed E-state index contributed by atoms with van der Waals surface area (Å²) in [6, 6.07) is 4.89. The fourth-order valence-corrected chi connectivity index (χ4v) is 2.73. The van der Waals surface area contributed by atoms with Gasteiger partial charge in [0.15, 0.2) is 0 Å². The summed E-state index contributed by atoms with van der Waals surface area (Å²) in [5.41, 5.74) is 0.604. The molecule has 2 rings (SSSR count). The molecule has 0 bridgehead atoms. The molecule has 1 aromatic carbocycles. The minimum absolute atomic E-state index is 0.326. The van der Waals surface area contributed by atoms with Gasteiger partial charge in [0.25, 0.3) is 0 Å². The summed E-state index contributed by atoms with van der Waals surface area (Å²) in [6.07, 6.45) is 2.83. The van der Waals surface area contributed by atoms with Crippen molar-refractivity contribution in [3.63, 3.8) is 0 Å². The molecule has 0 aliphatic rings. The molecule has 0 aliphatic heterocycles. The Hall–Kier alpha value is -1.27. The van der Waals surface area contributed by atoms with E-state index in [1.165, 1.54) is 12.1 Å². The molecule has 0 spiro atoms. The summed E-state index contributed by atoms with van der Waals surface area (Å²) in [4.78, 5) is 4.36. The second-order valence-corrected chi connectivity index (χ2v) is 5.83. The largest absolute Gasteiger partial charge is 0.339 e. The third-order valence-electron chi connectivity index (χ3n) is 3.14. The lowest BCUT2D eigenvalue weighted by Crippen LogP contribution is -2.30. The molecule has 2 aromatic rings. The second-order valence-electron chi connectivity index (χ2n) is 4.92. The highest BCUT2D eigenvalue weighted by atomic mass is 79.9. The lowest BCUT2D eigenvalue weighted by Gasteiger charge is -2.14. The maximum Gasteiger partial charge on any atom is 0.228 e. The average Bonchev–Trinajstić information content (AvgIpc) is 2.87. The van der Waals surface area contributed by atoms with Gasteiger partial charge < -0.3 is 9.84 Å². The van der Waals surface area contributed by atoms with Crippen LogP contribution in [0.25, 0.3) is 11.4 Å². The van der Waals surface area contributed by atoms with Crippen molar-refractivity contribution in [2.45, 2.75) is 39.2 Å². The third-order valence-corrected chi connectivity index (χ3v) is 3.60. The maximum absolute atomic E-state index is 13.4. The van der Waals surface area contributed by atoms with Crippen LogP contribution in [0.5, 0.6) is 0 Å². The molecule has 0 saturated heterocycles. The summed E-state index contributed by atoms with van der Waals surface area (Å²) in [7, 11) is 0. The molecule has 6 heteroatoms. The van der Waals surface area contributed by atoms with Gasteiger partial charge in [-0.3, -0.25) is 0 Å². The van der Waals surface area contributed by atoms with Crippen LogP contribution in [0, 0.1) is 5.82 Å². The fraction of sp³-hybridized carbons (Fsp3) is 0.467. The van der Waals surface area contributed by atoms with Crippen LogP contribution in [0.4, 0.5) is 4.39 Å². The lowest BCUT2D eigenvalue weighted by atomic mass is 10.1. The SMILES string of the molecule is CCCC(Cc1nc(-c2cc(F)cc(Br)c2)no1)NCC. The van der Waals surface area contributed by atoms with Gasteiger partial charge in [-0.2, -0.15) is 4.98 Å². The molecule has 0 radical (unpaired) electrons. The molecule has 1 aromatic heterocycles. The minimum atomic E-state index is -0.331. The Morgan fingerprint density at radius 2 is 2.14 bits per heavy atom. The summed E-state index contributed by atoms with van der Waals surface area (Å²) in [6.45, 7) is 5.13. The van der Waals surface area contributed by atoms with Gasteiger partial charge in [-0.1, -0.05) is 41.4 Å². The highest BCUT2D eigenvalue weighted by molar-refractivity contribution is 9.10. The van der Waals surface area contributed by atoms with Crippen molar-refractivity contribution >= 4 is 15.9 Å². The van der Waals surface area contributed by atoms with Gasteiger partial charge >= 0.3 is 0 Å². The van der Waals surface area contributed by atoms with E-state index in [2.05, 4.69) is 45.2 Å². The van der Waals surface area contributed by atoms with Gasteiger partial charge in [-0.15, -0.1) is 0 Å². The number of aromatic nitrogens is 2. The van der Waals surface area contributed by atoms with E-state index >= 15 is 0 Å². The zero-order valence-corrected chi connectivity index (χ0v) is 13.8. The van der Waals surface area contributed by atoms with Crippen LogP contribution in [0.3, 0.4) is 0 Å². The van der Waals surface area contributed by atoms with Crippen molar-refractivity contribution in [3.05, 3.63) is 34.4 Å². The van der Waals surface area contributed by atoms with E-state index in [9.17, 15) is 4.39 Å². The predicted molar refractivity (Wildman–Crippen MR) is 83.5 cm³/mol. The Balaban J connectivity index is 2.13. The van der Waals surface area contributed by atoms with Gasteiger partial charge in [-0.05, 0) is 31.2 Å². The first-order valence-electron chi connectivity index (χ1n) is 7.14. The fourth-order valence-electron chi connectivity index (χ4n) is 2.26. The van der Waals surface area contributed by atoms with Crippen molar-refractivity contribution in [3.8, 4) is 11.4 Å². The van der Waals surface area contributed by atoms with Crippen molar-refractivity contribution in [2.24, 2.45) is 0 Å². The number of hydrogen-bond donors (Lipinski definition) is 1. The minimum Gasteiger partial charge on any atom is -0.339 e. The summed E-state index contributed by atoms with van der Waals surface area (Å²) in [5, 5.41) is 7.34. The van der Waals surface area contributed by atoms with Gasteiger partial charge in [0.1, 0.15) is 5.82 Å². The molecule has 21 heavy (non-hydrogen) atoms. The quantitative estimate of drug-likeness (QED) is 0.816. The molecular formula is C15H19BrFN3O. The van der Waals surface area contributed by atoms with Crippen LogP contribution in [0.2, 0.25) is 0 Å². The van der Waals surface area contributed by atoms with Crippen LogP contribution in [-0.2, 0) is 6.42 Å². The lowest BCUT2D eigenvalue weighted by molar-refractivity contribution is 0.352. The molecule has 0 aliphatic carbocycles. The highest BCUT2D eigenvalue weighted by Crippen LogP contribution is 2.22. The first-order valence-corrected chi connectivity index (χ1v) is 7.94. The summed E-state index contributed by atoms with van der Waals surface area (Å²) < 4.78 is 19.3. The number of benzene rings is 1. The van der Waals surface area contributed by atoms with Crippen LogP contribution >= 0.6 is 15.9 Å². The standard InChI is InChI=1S/C15H19BrFN3O/c1-3-5-13(18-4-2)9-14-19-15(20-21-14)10-6-11(16)8-12(17)7-10/h6-8,13,18H,3-5,9H2,1-2H3. The number of nitrogens with zero attached hydrogens (tertiary/aromatic N) is 2. The molecule has 1 atom stereocenters. The van der Waals surface area contributed by atoms with Crippen LogP contribution in [0.1, 0.15) is 32.6 Å². The predicted octanol–water partition coefficient (Wildman–Crippen LogP) is 3.96. The Morgan fingerprint density at radius 3 is 2.81 bits per heavy atom. The van der Waals surface area contributed by atoms with Crippen molar-refractivity contribution < 1.29 is 8.91 Å². The zero-order chi connectivity index (χ0) is 15.2. The Labute approximate surface area is 132 Å². The molecule has 0 amide bonds. The smallest absolute Gasteiger partial charge is 0.228 e. The van der Waals surface area contributed by atoms with E-state index in [1.54, 1.807) is 6.07 Å². The summed E-state index contributed by atoms with van der Waals surface area (Å²) >= 11 is 3.26. The maximum atomic E-state index is 13.4. The number of halogens is 2. The second kappa shape index (κ2) is 7.66. The van der Waals surface area contributed by atoms with Gasteiger partial charge in [0, 0.05) is 22.5 Å². The van der Waals surface area contributed by atoms with E-state index < -0.39 is 0 Å². The molecule has 0 saturated carbocycles. The van der Waals surface area contributed by atoms with Gasteiger partial charge in [-0.25, -0.2) is 4.39 Å². The first-order chi connectivity index (χ1) is 10.1. The molecule has 0 fully saturated rings. The topological polar surface area (TPSA) is 51.0 Å². The van der Waals surface area contributed by atoms with Crippen LogP contribution < -0.4 is 5.32 Å². The molecular weight excluding hydrogens is 337 g/mol. The Bertz CT molecular complexity index is 562. The number of hydrogen-bond acceptors (Lipinski definition) is 4. The first kappa shape index (κ1) is 16.1. The molecule has 114 valence electrons. The van der Waals surface area contributed by atoms with E-state index in [-0.39, 0.29) is 5.82 Å². The molecule has 1 heterocycles. The Morgan fingerprint density at radius 1 is 1.33 bits per heavy atom. The molecule has 1 N–H and O–H groups in total.